The third kappa shape index (κ3) is 2.27. The Balaban J connectivity index is 1.84. The first kappa shape index (κ1) is 10.4. The molecule has 0 aromatic carbocycles. The first-order valence-electron chi connectivity index (χ1n) is 5.65. The van der Waals surface area contributed by atoms with Gasteiger partial charge in [-0.15, -0.1) is 0 Å². The van der Waals surface area contributed by atoms with Crippen molar-refractivity contribution in [2.45, 2.75) is 38.4 Å². The van der Waals surface area contributed by atoms with Crippen LogP contribution < -0.4 is 0 Å². The monoisotopic (exact) mass is 200 g/mol. The lowest BCUT2D eigenvalue weighted by molar-refractivity contribution is -0.0192. The minimum atomic E-state index is -0.177. The molecule has 0 amide bonds. The van der Waals surface area contributed by atoms with E-state index in [1.807, 2.05) is 0 Å². The summed E-state index contributed by atoms with van der Waals surface area (Å²) >= 11 is 0. The van der Waals surface area contributed by atoms with Crippen LogP contribution in [-0.4, -0.2) is 37.1 Å². The van der Waals surface area contributed by atoms with Crippen LogP contribution in [0.5, 0.6) is 0 Å². The molecule has 0 aromatic heterocycles. The Bertz CT molecular complexity index is 173. The highest BCUT2D eigenvalue weighted by molar-refractivity contribution is 4.82. The highest BCUT2D eigenvalue weighted by atomic mass is 16.5. The molecular formula is C11H20O3. The topological polar surface area (TPSA) is 38.7 Å². The fourth-order valence-electron chi connectivity index (χ4n) is 2.53. The third-order valence-corrected chi connectivity index (χ3v) is 3.46. The summed E-state index contributed by atoms with van der Waals surface area (Å²) in [5.41, 5.74) is 0. The summed E-state index contributed by atoms with van der Waals surface area (Å²) in [7, 11) is 0. The van der Waals surface area contributed by atoms with E-state index in [9.17, 15) is 5.11 Å². The Morgan fingerprint density at radius 3 is 2.50 bits per heavy atom. The highest BCUT2D eigenvalue weighted by Gasteiger charge is 2.33. The molecule has 0 saturated carbocycles. The number of ether oxygens (including phenoxy) is 2. The van der Waals surface area contributed by atoms with Gasteiger partial charge in [0.05, 0.1) is 18.8 Å². The van der Waals surface area contributed by atoms with Crippen molar-refractivity contribution in [1.29, 1.82) is 0 Å². The van der Waals surface area contributed by atoms with E-state index in [1.54, 1.807) is 0 Å². The molecule has 1 N–H and O–H groups in total. The van der Waals surface area contributed by atoms with E-state index in [4.69, 9.17) is 9.47 Å². The van der Waals surface area contributed by atoms with E-state index in [1.165, 1.54) is 0 Å². The maximum atomic E-state index is 10.2. The molecule has 0 spiro atoms. The molecule has 0 bridgehead atoms. The van der Waals surface area contributed by atoms with Crippen molar-refractivity contribution in [3.05, 3.63) is 0 Å². The molecule has 0 aliphatic carbocycles. The fourth-order valence-corrected chi connectivity index (χ4v) is 2.53. The van der Waals surface area contributed by atoms with Gasteiger partial charge in [0.25, 0.3) is 0 Å². The lowest BCUT2D eigenvalue weighted by atomic mass is 9.85. The molecule has 2 rings (SSSR count). The first-order valence-corrected chi connectivity index (χ1v) is 5.65. The summed E-state index contributed by atoms with van der Waals surface area (Å²) in [5.74, 6) is 0.788. The summed E-state index contributed by atoms with van der Waals surface area (Å²) in [6.07, 6.45) is 3.18. The quantitative estimate of drug-likeness (QED) is 0.728. The van der Waals surface area contributed by atoms with Gasteiger partial charge in [-0.3, -0.25) is 0 Å². The summed E-state index contributed by atoms with van der Waals surface area (Å²) < 4.78 is 10.8. The van der Waals surface area contributed by atoms with Gasteiger partial charge in [-0.1, -0.05) is 0 Å². The predicted octanol–water partition coefficient (Wildman–Crippen LogP) is 1.20. The van der Waals surface area contributed by atoms with Crippen LogP contribution in [0.4, 0.5) is 0 Å². The standard InChI is InChI=1S/C11H20O3/c1-8-6-10(7-14-8)11(12)9-2-4-13-5-3-9/h8-12H,2-7H2,1H3. The molecule has 14 heavy (non-hydrogen) atoms. The minimum Gasteiger partial charge on any atom is -0.392 e. The van der Waals surface area contributed by atoms with Crippen LogP contribution >= 0.6 is 0 Å². The fraction of sp³-hybridized carbons (Fsp3) is 1.00. The van der Waals surface area contributed by atoms with E-state index in [0.717, 1.165) is 39.1 Å². The molecular weight excluding hydrogens is 180 g/mol. The van der Waals surface area contributed by atoms with Gasteiger partial charge in [0.1, 0.15) is 0 Å². The van der Waals surface area contributed by atoms with Crippen molar-refractivity contribution in [2.75, 3.05) is 19.8 Å². The van der Waals surface area contributed by atoms with Crippen LogP contribution in [0.15, 0.2) is 0 Å². The van der Waals surface area contributed by atoms with Crippen LogP contribution in [0.2, 0.25) is 0 Å². The normalized spacial score (nSPS) is 37.3. The zero-order chi connectivity index (χ0) is 9.97. The lowest BCUT2D eigenvalue weighted by Gasteiger charge is -2.29. The SMILES string of the molecule is CC1CC(C(O)C2CCOCC2)CO1. The summed E-state index contributed by atoms with van der Waals surface area (Å²) in [5, 5.41) is 10.2. The molecule has 2 fully saturated rings. The molecule has 3 unspecified atom stereocenters. The van der Waals surface area contributed by atoms with Crippen molar-refractivity contribution in [3.63, 3.8) is 0 Å². The third-order valence-electron chi connectivity index (χ3n) is 3.46. The zero-order valence-corrected chi connectivity index (χ0v) is 8.82. The Labute approximate surface area is 85.4 Å². The van der Waals surface area contributed by atoms with Crippen molar-refractivity contribution in [2.24, 2.45) is 11.8 Å². The first-order chi connectivity index (χ1) is 6.77. The smallest absolute Gasteiger partial charge is 0.0621 e. The molecule has 3 atom stereocenters. The molecule has 3 heteroatoms. The van der Waals surface area contributed by atoms with Crippen molar-refractivity contribution in [3.8, 4) is 0 Å². The van der Waals surface area contributed by atoms with E-state index in [0.29, 0.717) is 17.9 Å². The van der Waals surface area contributed by atoms with Crippen molar-refractivity contribution in [1.82, 2.24) is 0 Å². The van der Waals surface area contributed by atoms with Gasteiger partial charge in [-0.05, 0) is 32.1 Å². The number of rotatable bonds is 2. The Hall–Kier alpha value is -0.120. The predicted molar refractivity (Wildman–Crippen MR) is 53.1 cm³/mol. The molecule has 2 heterocycles. The van der Waals surface area contributed by atoms with Crippen LogP contribution in [0.25, 0.3) is 0 Å². The summed E-state index contributed by atoms with van der Waals surface area (Å²) in [6.45, 7) is 4.44. The van der Waals surface area contributed by atoms with E-state index in [2.05, 4.69) is 6.92 Å². The van der Waals surface area contributed by atoms with Gasteiger partial charge in [0, 0.05) is 19.1 Å². The molecule has 2 aliphatic heterocycles. The van der Waals surface area contributed by atoms with Crippen molar-refractivity contribution >= 4 is 0 Å². The number of hydrogen-bond acceptors (Lipinski definition) is 3. The average Bonchev–Trinajstić information content (AvgIpc) is 2.65. The minimum absolute atomic E-state index is 0.177. The average molecular weight is 200 g/mol. The maximum absolute atomic E-state index is 10.2. The van der Waals surface area contributed by atoms with Gasteiger partial charge < -0.3 is 14.6 Å². The van der Waals surface area contributed by atoms with Crippen LogP contribution in [0.1, 0.15) is 26.2 Å². The Kier molecular flexibility index (Phi) is 3.42. The molecule has 3 nitrogen and oxygen atoms in total. The second kappa shape index (κ2) is 4.60. The zero-order valence-electron chi connectivity index (χ0n) is 8.82. The maximum Gasteiger partial charge on any atom is 0.0621 e. The van der Waals surface area contributed by atoms with Crippen LogP contribution in [0, 0.1) is 11.8 Å². The van der Waals surface area contributed by atoms with Gasteiger partial charge >= 0.3 is 0 Å². The molecule has 0 radical (unpaired) electrons. The van der Waals surface area contributed by atoms with Gasteiger partial charge in [-0.25, -0.2) is 0 Å². The molecule has 2 saturated heterocycles. The highest BCUT2D eigenvalue weighted by Crippen LogP contribution is 2.30. The molecule has 82 valence electrons. The summed E-state index contributed by atoms with van der Waals surface area (Å²) in [4.78, 5) is 0. The Morgan fingerprint density at radius 2 is 1.93 bits per heavy atom. The second-order valence-electron chi connectivity index (χ2n) is 4.58. The lowest BCUT2D eigenvalue weighted by Crippen LogP contribution is -2.33. The van der Waals surface area contributed by atoms with Crippen LogP contribution in [0.3, 0.4) is 0 Å². The molecule has 0 aromatic rings. The van der Waals surface area contributed by atoms with Crippen molar-refractivity contribution < 1.29 is 14.6 Å². The van der Waals surface area contributed by atoms with Gasteiger partial charge in [0.2, 0.25) is 0 Å². The van der Waals surface area contributed by atoms with E-state index < -0.39 is 0 Å². The van der Waals surface area contributed by atoms with Gasteiger partial charge in [0.15, 0.2) is 0 Å². The number of aliphatic hydroxyl groups is 1. The number of hydrogen-bond donors (Lipinski definition) is 1. The number of aliphatic hydroxyl groups excluding tert-OH is 1. The molecule has 2 aliphatic rings. The van der Waals surface area contributed by atoms with Crippen LogP contribution in [-0.2, 0) is 9.47 Å². The van der Waals surface area contributed by atoms with Gasteiger partial charge in [-0.2, -0.15) is 0 Å². The van der Waals surface area contributed by atoms with E-state index in [-0.39, 0.29) is 6.10 Å². The summed E-state index contributed by atoms with van der Waals surface area (Å²) in [6, 6.07) is 0. The second-order valence-corrected chi connectivity index (χ2v) is 4.58. The van der Waals surface area contributed by atoms with E-state index >= 15 is 0 Å². The Morgan fingerprint density at radius 1 is 1.21 bits per heavy atom. The largest absolute Gasteiger partial charge is 0.392 e.